The van der Waals surface area contributed by atoms with Gasteiger partial charge in [0.05, 0.1) is 11.3 Å². The van der Waals surface area contributed by atoms with Crippen molar-refractivity contribution in [3.63, 3.8) is 0 Å². The van der Waals surface area contributed by atoms with Gasteiger partial charge in [-0.2, -0.15) is 0 Å². The number of carbonyl (C=O) groups is 1. The molecule has 3 nitrogen and oxygen atoms in total. The number of alkyl halides is 1. The van der Waals surface area contributed by atoms with Crippen LogP contribution in [0.15, 0.2) is 18.2 Å². The van der Waals surface area contributed by atoms with Crippen molar-refractivity contribution in [1.82, 2.24) is 4.90 Å². The van der Waals surface area contributed by atoms with Crippen LogP contribution in [0.4, 0.5) is 10.1 Å². The summed E-state index contributed by atoms with van der Waals surface area (Å²) in [7, 11) is 0. The summed E-state index contributed by atoms with van der Waals surface area (Å²) >= 11 is 0. The van der Waals surface area contributed by atoms with Gasteiger partial charge in [0.2, 0.25) is 0 Å². The van der Waals surface area contributed by atoms with E-state index in [0.717, 1.165) is 19.4 Å². The molecule has 1 aromatic carbocycles. The second-order valence-corrected chi connectivity index (χ2v) is 4.50. The number of carbonyl (C=O) groups excluding carboxylic acids is 1. The summed E-state index contributed by atoms with van der Waals surface area (Å²) in [6, 6.07) is 5.21. The minimum absolute atomic E-state index is 0.0807. The molecule has 1 atom stereocenters. The fourth-order valence-electron chi connectivity index (χ4n) is 2.31. The molecule has 1 fully saturated rings. The van der Waals surface area contributed by atoms with Gasteiger partial charge in [-0.3, -0.25) is 4.79 Å². The van der Waals surface area contributed by atoms with E-state index in [0.29, 0.717) is 11.1 Å². The summed E-state index contributed by atoms with van der Waals surface area (Å²) in [6.07, 6.45) is 2.05. The van der Waals surface area contributed by atoms with E-state index in [9.17, 15) is 9.18 Å². The van der Waals surface area contributed by atoms with Crippen molar-refractivity contribution in [3.05, 3.63) is 29.3 Å². The molecule has 92 valence electrons. The summed E-state index contributed by atoms with van der Waals surface area (Å²) < 4.78 is 12.7. The average Bonchev–Trinajstić information content (AvgIpc) is 2.75. The largest absolute Gasteiger partial charge is 0.398 e. The van der Waals surface area contributed by atoms with E-state index in [1.54, 1.807) is 18.2 Å². The molecule has 1 saturated heterocycles. The summed E-state index contributed by atoms with van der Waals surface area (Å²) in [5, 5.41) is 0. The van der Waals surface area contributed by atoms with Gasteiger partial charge in [0, 0.05) is 18.2 Å². The second-order valence-electron chi connectivity index (χ2n) is 4.50. The molecule has 2 rings (SSSR count). The molecular weight excluding hydrogens is 219 g/mol. The standard InChI is InChI=1S/C13H17FN2O/c1-9-4-3-7-16(9)13(17)11-6-2-5-10(8-14)12(11)15/h2,5-6,9H,3-4,7-8,15H2,1H3. The van der Waals surface area contributed by atoms with Crippen LogP contribution in [-0.4, -0.2) is 23.4 Å². The van der Waals surface area contributed by atoms with Crippen molar-refractivity contribution in [2.75, 3.05) is 12.3 Å². The number of likely N-dealkylation sites (tertiary alicyclic amines) is 1. The van der Waals surface area contributed by atoms with Gasteiger partial charge >= 0.3 is 0 Å². The highest BCUT2D eigenvalue weighted by Crippen LogP contribution is 2.24. The normalized spacial score (nSPS) is 19.6. The van der Waals surface area contributed by atoms with Crippen LogP contribution in [0.1, 0.15) is 35.7 Å². The molecule has 1 aliphatic heterocycles. The quantitative estimate of drug-likeness (QED) is 0.801. The number of nitrogens with two attached hydrogens (primary N) is 1. The zero-order chi connectivity index (χ0) is 12.4. The number of hydrogen-bond acceptors (Lipinski definition) is 2. The monoisotopic (exact) mass is 236 g/mol. The number of rotatable bonds is 2. The van der Waals surface area contributed by atoms with E-state index in [-0.39, 0.29) is 17.6 Å². The number of nitrogen functional groups attached to an aromatic ring is 1. The summed E-state index contributed by atoms with van der Waals surface area (Å²) in [4.78, 5) is 14.1. The highest BCUT2D eigenvalue weighted by atomic mass is 19.1. The molecule has 17 heavy (non-hydrogen) atoms. The van der Waals surface area contributed by atoms with Crippen molar-refractivity contribution in [2.45, 2.75) is 32.5 Å². The summed E-state index contributed by atoms with van der Waals surface area (Å²) in [5.41, 5.74) is 6.91. The van der Waals surface area contributed by atoms with E-state index in [4.69, 9.17) is 5.73 Å². The third kappa shape index (κ3) is 2.12. The van der Waals surface area contributed by atoms with Crippen molar-refractivity contribution < 1.29 is 9.18 Å². The van der Waals surface area contributed by atoms with Gasteiger partial charge in [0.15, 0.2) is 0 Å². The van der Waals surface area contributed by atoms with Crippen LogP contribution in [0, 0.1) is 0 Å². The zero-order valence-corrected chi connectivity index (χ0v) is 9.95. The molecule has 0 saturated carbocycles. The Hall–Kier alpha value is -1.58. The SMILES string of the molecule is CC1CCCN1C(=O)c1cccc(CF)c1N. The van der Waals surface area contributed by atoms with Crippen LogP contribution in [0.2, 0.25) is 0 Å². The van der Waals surface area contributed by atoms with Crippen molar-refractivity contribution in [2.24, 2.45) is 0 Å². The number of benzene rings is 1. The minimum Gasteiger partial charge on any atom is -0.398 e. The lowest BCUT2D eigenvalue weighted by molar-refractivity contribution is 0.0748. The molecule has 4 heteroatoms. The number of anilines is 1. The average molecular weight is 236 g/mol. The Balaban J connectivity index is 2.30. The third-order valence-electron chi connectivity index (χ3n) is 3.38. The molecule has 1 amide bonds. The zero-order valence-electron chi connectivity index (χ0n) is 9.95. The topological polar surface area (TPSA) is 46.3 Å². The predicted molar refractivity (Wildman–Crippen MR) is 65.4 cm³/mol. The van der Waals surface area contributed by atoms with Crippen molar-refractivity contribution >= 4 is 11.6 Å². The predicted octanol–water partition coefficient (Wildman–Crippen LogP) is 2.36. The molecule has 1 aromatic rings. The van der Waals surface area contributed by atoms with Gasteiger partial charge in [-0.1, -0.05) is 12.1 Å². The lowest BCUT2D eigenvalue weighted by Crippen LogP contribution is -2.34. The van der Waals surface area contributed by atoms with Crippen LogP contribution in [-0.2, 0) is 6.67 Å². The van der Waals surface area contributed by atoms with E-state index >= 15 is 0 Å². The van der Waals surface area contributed by atoms with Crippen LogP contribution >= 0.6 is 0 Å². The fourth-order valence-corrected chi connectivity index (χ4v) is 2.31. The van der Waals surface area contributed by atoms with Crippen LogP contribution in [0.25, 0.3) is 0 Å². The Bertz CT molecular complexity index is 433. The lowest BCUT2D eigenvalue weighted by Gasteiger charge is -2.22. The van der Waals surface area contributed by atoms with E-state index in [2.05, 4.69) is 0 Å². The Morgan fingerprint density at radius 3 is 2.94 bits per heavy atom. The number of amides is 1. The van der Waals surface area contributed by atoms with E-state index in [1.165, 1.54) is 0 Å². The fraction of sp³-hybridized carbons (Fsp3) is 0.462. The second kappa shape index (κ2) is 4.73. The van der Waals surface area contributed by atoms with Gasteiger partial charge in [0.1, 0.15) is 6.67 Å². The Labute approximate surface area is 100 Å². The highest BCUT2D eigenvalue weighted by Gasteiger charge is 2.27. The molecule has 0 spiro atoms. The van der Waals surface area contributed by atoms with Gasteiger partial charge in [-0.15, -0.1) is 0 Å². The van der Waals surface area contributed by atoms with Crippen molar-refractivity contribution in [3.8, 4) is 0 Å². The first kappa shape index (κ1) is 11.9. The molecule has 0 radical (unpaired) electrons. The van der Waals surface area contributed by atoms with Crippen LogP contribution in [0.3, 0.4) is 0 Å². The van der Waals surface area contributed by atoms with Crippen molar-refractivity contribution in [1.29, 1.82) is 0 Å². The Morgan fingerprint density at radius 2 is 2.35 bits per heavy atom. The Morgan fingerprint density at radius 1 is 1.59 bits per heavy atom. The molecule has 1 heterocycles. The number of hydrogen-bond donors (Lipinski definition) is 1. The van der Waals surface area contributed by atoms with Gasteiger partial charge < -0.3 is 10.6 Å². The number of nitrogens with zero attached hydrogens (tertiary/aromatic N) is 1. The van der Waals surface area contributed by atoms with Crippen LogP contribution < -0.4 is 5.73 Å². The maximum Gasteiger partial charge on any atom is 0.256 e. The van der Waals surface area contributed by atoms with Gasteiger partial charge in [-0.25, -0.2) is 4.39 Å². The summed E-state index contributed by atoms with van der Waals surface area (Å²) in [6.45, 7) is 2.15. The first-order chi connectivity index (χ1) is 8.15. The molecule has 0 aliphatic carbocycles. The number of para-hydroxylation sites is 1. The summed E-state index contributed by atoms with van der Waals surface area (Å²) in [5.74, 6) is -0.0807. The smallest absolute Gasteiger partial charge is 0.256 e. The maximum atomic E-state index is 12.7. The molecule has 0 aromatic heterocycles. The van der Waals surface area contributed by atoms with E-state index < -0.39 is 6.67 Å². The third-order valence-corrected chi connectivity index (χ3v) is 3.38. The molecule has 1 unspecified atom stereocenters. The minimum atomic E-state index is -0.636. The Kier molecular flexibility index (Phi) is 3.31. The molecular formula is C13H17FN2O. The highest BCUT2D eigenvalue weighted by molar-refractivity contribution is 6.00. The number of halogens is 1. The maximum absolute atomic E-state index is 12.7. The molecule has 2 N–H and O–H groups in total. The first-order valence-electron chi connectivity index (χ1n) is 5.89. The lowest BCUT2D eigenvalue weighted by atomic mass is 10.1. The van der Waals surface area contributed by atoms with E-state index in [1.807, 2.05) is 11.8 Å². The van der Waals surface area contributed by atoms with Gasteiger partial charge in [-0.05, 0) is 25.8 Å². The first-order valence-corrected chi connectivity index (χ1v) is 5.89. The molecule has 1 aliphatic rings. The molecule has 0 bridgehead atoms. The van der Waals surface area contributed by atoms with Crippen LogP contribution in [0.5, 0.6) is 0 Å². The van der Waals surface area contributed by atoms with Gasteiger partial charge in [0.25, 0.3) is 5.91 Å².